The standard InChI is InChI=1S/C17H20BrN3O4S/c1-11-6-5-7-12(2)17(11)21(26(4,23)24)10-16(22)20-19-9-14-8-15(18)13(3)25-14/h5-9H,10H2,1-4H3,(H,20,22)/b19-9+. The number of hydrogen-bond acceptors (Lipinski definition) is 5. The van der Waals surface area contributed by atoms with Crippen LogP contribution in [0.15, 0.2) is 38.3 Å². The molecule has 0 saturated heterocycles. The summed E-state index contributed by atoms with van der Waals surface area (Å²) in [6.07, 6.45) is 2.41. The Morgan fingerprint density at radius 2 is 1.92 bits per heavy atom. The maximum absolute atomic E-state index is 12.2. The van der Waals surface area contributed by atoms with E-state index in [0.717, 1.165) is 26.2 Å². The number of hydrogen-bond donors (Lipinski definition) is 1. The van der Waals surface area contributed by atoms with Gasteiger partial charge in [0.15, 0.2) is 0 Å². The van der Waals surface area contributed by atoms with E-state index in [0.29, 0.717) is 17.2 Å². The number of nitrogens with zero attached hydrogens (tertiary/aromatic N) is 2. The molecule has 0 fully saturated rings. The van der Waals surface area contributed by atoms with Crippen LogP contribution in [-0.4, -0.2) is 33.3 Å². The second-order valence-electron chi connectivity index (χ2n) is 5.86. The predicted octanol–water partition coefficient (Wildman–Crippen LogP) is 2.88. The van der Waals surface area contributed by atoms with Gasteiger partial charge in [-0.15, -0.1) is 0 Å². The van der Waals surface area contributed by atoms with Gasteiger partial charge >= 0.3 is 0 Å². The number of nitrogens with one attached hydrogen (secondary N) is 1. The van der Waals surface area contributed by atoms with Crippen LogP contribution >= 0.6 is 15.9 Å². The maximum Gasteiger partial charge on any atom is 0.260 e. The molecule has 26 heavy (non-hydrogen) atoms. The Balaban J connectivity index is 2.15. The Bertz CT molecular complexity index is 911. The lowest BCUT2D eigenvalue weighted by atomic mass is 10.1. The smallest absolute Gasteiger partial charge is 0.260 e. The number of hydrazone groups is 1. The van der Waals surface area contributed by atoms with Crippen LogP contribution < -0.4 is 9.73 Å². The second kappa shape index (κ2) is 8.05. The average molecular weight is 442 g/mol. The van der Waals surface area contributed by atoms with Gasteiger partial charge in [0, 0.05) is 6.07 Å². The first-order valence-corrected chi connectivity index (χ1v) is 10.4. The molecule has 0 spiro atoms. The summed E-state index contributed by atoms with van der Waals surface area (Å²) in [5, 5.41) is 3.81. The van der Waals surface area contributed by atoms with Crippen molar-refractivity contribution >= 4 is 43.8 Å². The van der Waals surface area contributed by atoms with Crippen LogP contribution in [0, 0.1) is 20.8 Å². The number of para-hydroxylation sites is 1. The van der Waals surface area contributed by atoms with E-state index < -0.39 is 15.9 Å². The molecule has 2 aromatic rings. The first-order chi connectivity index (χ1) is 12.1. The highest BCUT2D eigenvalue weighted by Crippen LogP contribution is 2.26. The lowest BCUT2D eigenvalue weighted by Crippen LogP contribution is -2.39. The summed E-state index contributed by atoms with van der Waals surface area (Å²) in [6.45, 7) is 5.01. The van der Waals surface area contributed by atoms with Gasteiger partial charge in [0.2, 0.25) is 10.0 Å². The number of amides is 1. The van der Waals surface area contributed by atoms with Crippen molar-refractivity contribution < 1.29 is 17.6 Å². The molecule has 1 heterocycles. The van der Waals surface area contributed by atoms with Crippen molar-refractivity contribution in [3.8, 4) is 0 Å². The Morgan fingerprint density at radius 3 is 2.42 bits per heavy atom. The lowest BCUT2D eigenvalue weighted by molar-refractivity contribution is -0.119. The summed E-state index contributed by atoms with van der Waals surface area (Å²) in [7, 11) is -3.64. The first kappa shape index (κ1) is 20.2. The molecule has 0 unspecified atom stereocenters. The van der Waals surface area contributed by atoms with Gasteiger partial charge in [-0.3, -0.25) is 9.10 Å². The van der Waals surface area contributed by atoms with Crippen molar-refractivity contribution in [1.82, 2.24) is 5.43 Å². The lowest BCUT2D eigenvalue weighted by Gasteiger charge is -2.25. The van der Waals surface area contributed by atoms with Crippen molar-refractivity contribution in [3.05, 3.63) is 51.4 Å². The van der Waals surface area contributed by atoms with Crippen LogP contribution in [0.25, 0.3) is 0 Å². The third-order valence-electron chi connectivity index (χ3n) is 3.63. The minimum Gasteiger partial charge on any atom is -0.459 e. The van der Waals surface area contributed by atoms with E-state index in [2.05, 4.69) is 26.5 Å². The molecule has 140 valence electrons. The Kier molecular flexibility index (Phi) is 6.25. The van der Waals surface area contributed by atoms with Crippen molar-refractivity contribution in [2.45, 2.75) is 20.8 Å². The quantitative estimate of drug-likeness (QED) is 0.550. The summed E-state index contributed by atoms with van der Waals surface area (Å²) >= 11 is 3.31. The molecule has 0 atom stereocenters. The van der Waals surface area contributed by atoms with Gasteiger partial charge in [0.1, 0.15) is 18.1 Å². The van der Waals surface area contributed by atoms with E-state index in [1.807, 2.05) is 6.07 Å². The van der Waals surface area contributed by atoms with Gasteiger partial charge in [-0.1, -0.05) is 18.2 Å². The van der Waals surface area contributed by atoms with E-state index in [9.17, 15) is 13.2 Å². The molecule has 7 nitrogen and oxygen atoms in total. The highest BCUT2D eigenvalue weighted by Gasteiger charge is 2.23. The van der Waals surface area contributed by atoms with Crippen LogP contribution in [0.4, 0.5) is 5.69 Å². The molecule has 1 N–H and O–H groups in total. The molecule has 0 saturated carbocycles. The molecule has 1 aromatic heterocycles. The SMILES string of the molecule is Cc1cccc(C)c1N(CC(=O)N/N=C/c1cc(Br)c(C)o1)S(C)(=O)=O. The van der Waals surface area contributed by atoms with Gasteiger partial charge in [-0.2, -0.15) is 5.10 Å². The monoisotopic (exact) mass is 441 g/mol. The minimum atomic E-state index is -3.64. The highest BCUT2D eigenvalue weighted by atomic mass is 79.9. The van der Waals surface area contributed by atoms with Gasteiger partial charge in [0.05, 0.1) is 22.6 Å². The number of anilines is 1. The summed E-state index contributed by atoms with van der Waals surface area (Å²) in [5.41, 5.74) is 4.35. The summed E-state index contributed by atoms with van der Waals surface area (Å²) in [6, 6.07) is 7.15. The number of benzene rings is 1. The fourth-order valence-corrected chi connectivity index (χ4v) is 3.72. The van der Waals surface area contributed by atoms with Gasteiger partial charge in [-0.25, -0.2) is 13.8 Å². The van der Waals surface area contributed by atoms with E-state index >= 15 is 0 Å². The van der Waals surface area contributed by atoms with E-state index in [1.165, 1.54) is 6.21 Å². The molecular weight excluding hydrogens is 422 g/mol. The van der Waals surface area contributed by atoms with Crippen molar-refractivity contribution in [2.24, 2.45) is 5.10 Å². The Morgan fingerprint density at radius 1 is 1.31 bits per heavy atom. The van der Waals surface area contributed by atoms with Crippen LogP contribution in [0.5, 0.6) is 0 Å². The van der Waals surface area contributed by atoms with Crippen molar-refractivity contribution in [3.63, 3.8) is 0 Å². The molecule has 1 aromatic carbocycles. The maximum atomic E-state index is 12.2. The molecule has 9 heteroatoms. The number of furan rings is 1. The third-order valence-corrected chi connectivity index (χ3v) is 5.53. The normalized spacial score (nSPS) is 11.7. The van der Waals surface area contributed by atoms with E-state index in [1.54, 1.807) is 39.0 Å². The number of rotatable bonds is 6. The summed E-state index contributed by atoms with van der Waals surface area (Å²) < 4.78 is 31.6. The molecule has 0 aliphatic rings. The van der Waals surface area contributed by atoms with Gasteiger partial charge in [0.25, 0.3) is 5.91 Å². The summed E-state index contributed by atoms with van der Waals surface area (Å²) in [5.74, 6) is 0.595. The number of carbonyl (C=O) groups excluding carboxylic acids is 1. The Hall–Kier alpha value is -2.13. The van der Waals surface area contributed by atoms with E-state index in [-0.39, 0.29) is 6.54 Å². The third kappa shape index (κ3) is 4.95. The minimum absolute atomic E-state index is 0.372. The molecular formula is C17H20BrN3O4S. The Labute approximate surface area is 161 Å². The van der Waals surface area contributed by atoms with Crippen molar-refractivity contribution in [2.75, 3.05) is 17.1 Å². The molecule has 0 radical (unpaired) electrons. The fourth-order valence-electron chi connectivity index (χ4n) is 2.44. The zero-order chi connectivity index (χ0) is 19.5. The highest BCUT2D eigenvalue weighted by molar-refractivity contribution is 9.10. The van der Waals surface area contributed by atoms with Crippen LogP contribution in [0.1, 0.15) is 22.6 Å². The van der Waals surface area contributed by atoms with Gasteiger partial charge < -0.3 is 4.42 Å². The molecule has 1 amide bonds. The molecule has 0 bridgehead atoms. The second-order valence-corrected chi connectivity index (χ2v) is 8.62. The predicted molar refractivity (Wildman–Crippen MR) is 105 cm³/mol. The number of sulfonamides is 1. The number of aryl methyl sites for hydroxylation is 3. The fraction of sp³-hybridized carbons (Fsp3) is 0.294. The topological polar surface area (TPSA) is 92.0 Å². The van der Waals surface area contributed by atoms with Crippen LogP contribution in [0.3, 0.4) is 0 Å². The largest absolute Gasteiger partial charge is 0.459 e. The number of halogens is 1. The number of carbonyl (C=O) groups is 1. The van der Waals surface area contributed by atoms with Crippen LogP contribution in [0.2, 0.25) is 0 Å². The van der Waals surface area contributed by atoms with Crippen molar-refractivity contribution in [1.29, 1.82) is 0 Å². The van der Waals surface area contributed by atoms with Crippen LogP contribution in [-0.2, 0) is 14.8 Å². The molecule has 0 aliphatic carbocycles. The summed E-state index contributed by atoms with van der Waals surface area (Å²) in [4.78, 5) is 12.2. The zero-order valence-electron chi connectivity index (χ0n) is 14.9. The molecule has 2 rings (SSSR count). The van der Waals surface area contributed by atoms with E-state index in [4.69, 9.17) is 4.42 Å². The molecule has 0 aliphatic heterocycles. The average Bonchev–Trinajstić information content (AvgIpc) is 2.83. The van der Waals surface area contributed by atoms with Gasteiger partial charge in [-0.05, 0) is 47.8 Å². The first-order valence-electron chi connectivity index (χ1n) is 7.71. The zero-order valence-corrected chi connectivity index (χ0v) is 17.3.